The number of benzene rings is 1. The van der Waals surface area contributed by atoms with Gasteiger partial charge in [-0.3, -0.25) is 9.59 Å². The van der Waals surface area contributed by atoms with Crippen LogP contribution in [-0.4, -0.2) is 17.0 Å². The van der Waals surface area contributed by atoms with Crippen molar-refractivity contribution in [1.29, 1.82) is 0 Å². The van der Waals surface area contributed by atoms with E-state index in [0.717, 1.165) is 6.42 Å². The molecule has 1 aromatic heterocycles. The molecule has 2 N–H and O–H groups in total. The van der Waals surface area contributed by atoms with Crippen molar-refractivity contribution in [3.8, 4) is 0 Å². The number of aliphatic carboxylic acids is 1. The molecule has 0 saturated heterocycles. The average molecular weight is 329 g/mol. The maximum absolute atomic E-state index is 12.4. The van der Waals surface area contributed by atoms with E-state index < -0.39 is 11.9 Å². The predicted octanol–water partition coefficient (Wildman–Crippen LogP) is 3.99. The summed E-state index contributed by atoms with van der Waals surface area (Å²) in [6.45, 7) is 3.72. The molecule has 1 fully saturated rings. The highest BCUT2D eigenvalue weighted by Crippen LogP contribution is 2.50. The molecule has 1 saturated carbocycles. The van der Waals surface area contributed by atoms with Gasteiger partial charge in [0.05, 0.1) is 5.92 Å². The Morgan fingerprint density at radius 3 is 2.78 bits per heavy atom. The van der Waals surface area contributed by atoms with Crippen LogP contribution in [0, 0.1) is 12.8 Å². The van der Waals surface area contributed by atoms with Gasteiger partial charge in [-0.05, 0) is 55.0 Å². The maximum Gasteiger partial charge on any atom is 0.310 e. The van der Waals surface area contributed by atoms with Crippen LogP contribution in [0.15, 0.2) is 35.7 Å². The maximum atomic E-state index is 12.4. The Bertz CT molecular complexity index is 752. The summed E-state index contributed by atoms with van der Waals surface area (Å²) in [5.41, 5.74) is 2.61. The van der Waals surface area contributed by atoms with Gasteiger partial charge in [0, 0.05) is 22.4 Å². The third kappa shape index (κ3) is 3.29. The lowest BCUT2D eigenvalue weighted by atomic mass is 10.0. The van der Waals surface area contributed by atoms with Crippen molar-refractivity contribution in [1.82, 2.24) is 0 Å². The predicted molar refractivity (Wildman–Crippen MR) is 91.0 cm³/mol. The van der Waals surface area contributed by atoms with Crippen molar-refractivity contribution < 1.29 is 14.7 Å². The van der Waals surface area contributed by atoms with Crippen LogP contribution in [0.4, 0.5) is 5.69 Å². The van der Waals surface area contributed by atoms with Gasteiger partial charge in [-0.2, -0.15) is 0 Å². The molecular weight excluding hydrogens is 310 g/mol. The van der Waals surface area contributed by atoms with E-state index in [1.54, 1.807) is 42.5 Å². The minimum Gasteiger partial charge on any atom is -0.481 e. The number of carbonyl (C=O) groups excluding carboxylic acids is 1. The normalized spacial score (nSPS) is 20.8. The van der Waals surface area contributed by atoms with E-state index in [1.807, 2.05) is 0 Å². The van der Waals surface area contributed by atoms with Crippen molar-refractivity contribution in [3.63, 3.8) is 0 Å². The first kappa shape index (κ1) is 15.7. The van der Waals surface area contributed by atoms with Crippen LogP contribution >= 0.6 is 11.3 Å². The van der Waals surface area contributed by atoms with Gasteiger partial charge in [0.1, 0.15) is 0 Å². The molecule has 3 unspecified atom stereocenters. The Hall–Kier alpha value is -2.14. The van der Waals surface area contributed by atoms with Gasteiger partial charge in [-0.15, -0.1) is 11.3 Å². The molecule has 1 amide bonds. The molecule has 4 nitrogen and oxygen atoms in total. The smallest absolute Gasteiger partial charge is 0.310 e. The summed E-state index contributed by atoms with van der Waals surface area (Å²) >= 11 is 1.71. The quantitative estimate of drug-likeness (QED) is 0.872. The molecule has 3 rings (SSSR count). The van der Waals surface area contributed by atoms with Crippen LogP contribution in [0.2, 0.25) is 0 Å². The van der Waals surface area contributed by atoms with Crippen molar-refractivity contribution in [3.05, 3.63) is 51.7 Å². The summed E-state index contributed by atoms with van der Waals surface area (Å²) < 4.78 is 0. The zero-order chi connectivity index (χ0) is 16.6. The summed E-state index contributed by atoms with van der Waals surface area (Å²) in [4.78, 5) is 24.8. The first-order chi connectivity index (χ1) is 11.0. The lowest BCUT2D eigenvalue weighted by molar-refractivity contribution is -0.138. The zero-order valence-electron chi connectivity index (χ0n) is 13.1. The molecule has 23 heavy (non-hydrogen) atoms. The average Bonchev–Trinajstić information content (AvgIpc) is 3.21. The summed E-state index contributed by atoms with van der Waals surface area (Å²) in [6.07, 6.45) is 0.887. The lowest BCUT2D eigenvalue weighted by Gasteiger charge is -2.10. The lowest BCUT2D eigenvalue weighted by Crippen LogP contribution is -2.15. The number of nitrogens with one attached hydrogen (secondary N) is 1. The number of amides is 1. The second-order valence-electron chi connectivity index (χ2n) is 6.09. The first-order valence-corrected chi connectivity index (χ1v) is 8.53. The Labute approximate surface area is 139 Å². The molecule has 3 atom stereocenters. The molecule has 0 aliphatic heterocycles. The van der Waals surface area contributed by atoms with Crippen molar-refractivity contribution >= 4 is 28.9 Å². The van der Waals surface area contributed by atoms with E-state index in [4.69, 9.17) is 5.11 Å². The van der Waals surface area contributed by atoms with E-state index in [2.05, 4.69) is 23.7 Å². The summed E-state index contributed by atoms with van der Waals surface area (Å²) in [5, 5.41) is 14.1. The van der Waals surface area contributed by atoms with Gasteiger partial charge >= 0.3 is 5.97 Å². The summed E-state index contributed by atoms with van der Waals surface area (Å²) in [7, 11) is 0. The van der Waals surface area contributed by atoms with Gasteiger partial charge in [0.25, 0.3) is 0 Å². The second-order valence-corrected chi connectivity index (χ2v) is 7.04. The molecule has 5 heteroatoms. The zero-order valence-corrected chi connectivity index (χ0v) is 13.9. The molecule has 1 aromatic carbocycles. The SMILES string of the molecule is Cc1ccsc1C1CC1C(=O)Nc1cccc(C(C)C(=O)O)c1. The van der Waals surface area contributed by atoms with Crippen LogP contribution < -0.4 is 5.32 Å². The van der Waals surface area contributed by atoms with E-state index >= 15 is 0 Å². The molecule has 0 bridgehead atoms. The fourth-order valence-electron chi connectivity index (χ4n) is 2.80. The summed E-state index contributed by atoms with van der Waals surface area (Å²) in [5.74, 6) is -1.09. The Balaban J connectivity index is 1.66. The van der Waals surface area contributed by atoms with Crippen LogP contribution in [0.3, 0.4) is 0 Å². The minimum atomic E-state index is -0.871. The van der Waals surface area contributed by atoms with Gasteiger partial charge in [0.15, 0.2) is 0 Å². The third-order valence-corrected chi connectivity index (χ3v) is 5.54. The molecule has 1 aliphatic carbocycles. The van der Waals surface area contributed by atoms with Gasteiger partial charge < -0.3 is 10.4 Å². The molecular formula is C18H19NO3S. The van der Waals surface area contributed by atoms with Gasteiger partial charge in [0.2, 0.25) is 5.91 Å². The highest BCUT2D eigenvalue weighted by Gasteiger charge is 2.45. The monoisotopic (exact) mass is 329 g/mol. The topological polar surface area (TPSA) is 66.4 Å². The van der Waals surface area contributed by atoms with Crippen molar-refractivity contribution in [2.24, 2.45) is 5.92 Å². The van der Waals surface area contributed by atoms with Crippen LogP contribution in [-0.2, 0) is 9.59 Å². The van der Waals surface area contributed by atoms with E-state index in [0.29, 0.717) is 17.2 Å². The highest BCUT2D eigenvalue weighted by atomic mass is 32.1. The van der Waals surface area contributed by atoms with Crippen molar-refractivity contribution in [2.75, 3.05) is 5.32 Å². The van der Waals surface area contributed by atoms with Crippen LogP contribution in [0.5, 0.6) is 0 Å². The Morgan fingerprint density at radius 1 is 1.35 bits per heavy atom. The molecule has 120 valence electrons. The molecule has 1 heterocycles. The fraction of sp³-hybridized carbons (Fsp3) is 0.333. The number of thiophene rings is 1. The number of aryl methyl sites for hydroxylation is 1. The number of carboxylic acid groups (broad SMARTS) is 1. The van der Waals surface area contributed by atoms with Crippen molar-refractivity contribution in [2.45, 2.75) is 32.1 Å². The number of carboxylic acids is 1. The molecule has 2 aromatic rings. The highest BCUT2D eigenvalue weighted by molar-refractivity contribution is 7.10. The molecule has 0 spiro atoms. The number of rotatable bonds is 5. The fourth-order valence-corrected chi connectivity index (χ4v) is 3.91. The van der Waals surface area contributed by atoms with Crippen LogP contribution in [0.1, 0.15) is 41.2 Å². The number of hydrogen-bond donors (Lipinski definition) is 2. The number of carbonyl (C=O) groups is 2. The van der Waals surface area contributed by atoms with Gasteiger partial charge in [-0.25, -0.2) is 0 Å². The number of hydrogen-bond acceptors (Lipinski definition) is 3. The Morgan fingerprint density at radius 2 is 2.13 bits per heavy atom. The third-order valence-electron chi connectivity index (χ3n) is 4.39. The first-order valence-electron chi connectivity index (χ1n) is 7.65. The van der Waals surface area contributed by atoms with E-state index in [1.165, 1.54) is 10.4 Å². The van der Waals surface area contributed by atoms with E-state index in [9.17, 15) is 9.59 Å². The second kappa shape index (κ2) is 6.16. The standard InChI is InChI=1S/C18H19NO3S/c1-10-6-7-23-16(10)14-9-15(14)17(20)19-13-5-3-4-12(8-13)11(2)18(21)22/h3-8,11,14-15H,9H2,1-2H3,(H,19,20)(H,21,22). The summed E-state index contributed by atoms with van der Waals surface area (Å²) in [6, 6.07) is 9.17. The molecule has 1 aliphatic rings. The molecule has 0 radical (unpaired) electrons. The Kier molecular flexibility index (Phi) is 4.22. The van der Waals surface area contributed by atoms with Gasteiger partial charge in [-0.1, -0.05) is 12.1 Å². The number of anilines is 1. The largest absolute Gasteiger partial charge is 0.481 e. The van der Waals surface area contributed by atoms with Crippen LogP contribution in [0.25, 0.3) is 0 Å². The van der Waals surface area contributed by atoms with E-state index in [-0.39, 0.29) is 11.8 Å². The minimum absolute atomic E-state index is 0.0166.